The summed E-state index contributed by atoms with van der Waals surface area (Å²) in [7, 11) is 0. The Balaban J connectivity index is 0.00000200. The predicted molar refractivity (Wildman–Crippen MR) is 87.7 cm³/mol. The highest BCUT2D eigenvalue weighted by molar-refractivity contribution is 8.00. The van der Waals surface area contributed by atoms with Gasteiger partial charge in [-0.3, -0.25) is 4.79 Å². The normalized spacial score (nSPS) is 16.9. The molecule has 1 aliphatic carbocycles. The van der Waals surface area contributed by atoms with Crippen molar-refractivity contribution < 1.29 is 4.79 Å². The minimum Gasteiger partial charge on any atom is -0.351 e. The SMILES string of the molecule is CC(Sc1ccccc1Cl)C(=O)NC(CN)C1CC1.Cl. The summed E-state index contributed by atoms with van der Waals surface area (Å²) in [6, 6.07) is 7.70. The Hall–Kier alpha value is -0.420. The molecule has 2 atom stereocenters. The van der Waals surface area contributed by atoms with Gasteiger partial charge in [0.25, 0.3) is 0 Å². The van der Waals surface area contributed by atoms with Gasteiger partial charge in [-0.15, -0.1) is 24.2 Å². The second-order valence-corrected chi connectivity index (χ2v) is 6.67. The van der Waals surface area contributed by atoms with E-state index in [9.17, 15) is 4.79 Å². The number of hydrogen-bond acceptors (Lipinski definition) is 3. The van der Waals surface area contributed by atoms with Gasteiger partial charge in [0.2, 0.25) is 5.91 Å². The number of amides is 1. The molecule has 1 aromatic rings. The topological polar surface area (TPSA) is 55.1 Å². The van der Waals surface area contributed by atoms with Crippen molar-refractivity contribution in [1.29, 1.82) is 0 Å². The predicted octanol–water partition coefficient (Wildman–Crippen LogP) is 3.10. The molecule has 3 nitrogen and oxygen atoms in total. The fourth-order valence-electron chi connectivity index (χ4n) is 1.95. The Kier molecular flexibility index (Phi) is 7.17. The summed E-state index contributed by atoms with van der Waals surface area (Å²) in [4.78, 5) is 13.1. The molecular weight excluding hydrogens is 315 g/mol. The van der Waals surface area contributed by atoms with E-state index in [2.05, 4.69) is 5.32 Å². The van der Waals surface area contributed by atoms with Gasteiger partial charge in [-0.1, -0.05) is 23.7 Å². The van der Waals surface area contributed by atoms with E-state index in [0.29, 0.717) is 17.5 Å². The van der Waals surface area contributed by atoms with Gasteiger partial charge in [-0.25, -0.2) is 0 Å². The molecule has 0 aromatic heterocycles. The molecule has 0 aliphatic heterocycles. The van der Waals surface area contributed by atoms with Crippen LogP contribution in [0.3, 0.4) is 0 Å². The minimum atomic E-state index is -0.173. The first kappa shape index (κ1) is 17.6. The van der Waals surface area contributed by atoms with Crippen LogP contribution in [0.2, 0.25) is 5.02 Å². The number of nitrogens with two attached hydrogens (primary N) is 1. The van der Waals surface area contributed by atoms with Crippen molar-refractivity contribution in [3.05, 3.63) is 29.3 Å². The van der Waals surface area contributed by atoms with Crippen LogP contribution < -0.4 is 11.1 Å². The third kappa shape index (κ3) is 4.85. The highest BCUT2D eigenvalue weighted by Crippen LogP contribution is 2.33. The highest BCUT2D eigenvalue weighted by Gasteiger charge is 2.32. The zero-order valence-corrected chi connectivity index (χ0v) is 13.7. The molecule has 0 bridgehead atoms. The zero-order valence-electron chi connectivity index (χ0n) is 11.3. The summed E-state index contributed by atoms with van der Waals surface area (Å²) < 4.78 is 0. The number of halogens is 2. The molecule has 112 valence electrons. The second-order valence-electron chi connectivity index (χ2n) is 4.88. The summed E-state index contributed by atoms with van der Waals surface area (Å²) >= 11 is 7.57. The lowest BCUT2D eigenvalue weighted by molar-refractivity contribution is -0.121. The quantitative estimate of drug-likeness (QED) is 0.786. The van der Waals surface area contributed by atoms with E-state index in [1.807, 2.05) is 31.2 Å². The first-order chi connectivity index (χ1) is 9.11. The van der Waals surface area contributed by atoms with Crippen LogP contribution in [0.15, 0.2) is 29.2 Å². The van der Waals surface area contributed by atoms with Crippen molar-refractivity contribution in [3.63, 3.8) is 0 Å². The Labute approximate surface area is 135 Å². The van der Waals surface area contributed by atoms with Crippen LogP contribution in [0.25, 0.3) is 0 Å². The van der Waals surface area contributed by atoms with Crippen LogP contribution in [0.5, 0.6) is 0 Å². The van der Waals surface area contributed by atoms with E-state index < -0.39 is 0 Å². The van der Waals surface area contributed by atoms with Crippen LogP contribution in [-0.2, 0) is 4.79 Å². The van der Waals surface area contributed by atoms with Crippen molar-refractivity contribution >= 4 is 41.7 Å². The Morgan fingerprint density at radius 3 is 2.70 bits per heavy atom. The van der Waals surface area contributed by atoms with E-state index in [-0.39, 0.29) is 29.6 Å². The lowest BCUT2D eigenvalue weighted by Gasteiger charge is -2.19. The fraction of sp³-hybridized carbons (Fsp3) is 0.500. The van der Waals surface area contributed by atoms with Crippen LogP contribution in [0.4, 0.5) is 0 Å². The lowest BCUT2D eigenvalue weighted by Crippen LogP contribution is -2.44. The lowest BCUT2D eigenvalue weighted by atomic mass is 10.2. The Bertz CT molecular complexity index is 455. The Morgan fingerprint density at radius 2 is 2.15 bits per heavy atom. The summed E-state index contributed by atoms with van der Waals surface area (Å²) in [6.45, 7) is 2.41. The molecule has 1 aromatic carbocycles. The number of nitrogens with one attached hydrogen (secondary N) is 1. The zero-order chi connectivity index (χ0) is 13.8. The second kappa shape index (κ2) is 8.13. The van der Waals surface area contributed by atoms with Crippen molar-refractivity contribution in [2.75, 3.05) is 6.54 Å². The largest absolute Gasteiger partial charge is 0.351 e. The van der Waals surface area contributed by atoms with E-state index in [1.54, 1.807) is 0 Å². The van der Waals surface area contributed by atoms with Gasteiger partial charge in [0, 0.05) is 17.5 Å². The molecule has 20 heavy (non-hydrogen) atoms. The summed E-state index contributed by atoms with van der Waals surface area (Å²) in [5.41, 5.74) is 5.70. The van der Waals surface area contributed by atoms with Crippen LogP contribution in [0, 0.1) is 5.92 Å². The first-order valence-corrected chi connectivity index (χ1v) is 7.79. The van der Waals surface area contributed by atoms with Gasteiger partial charge in [0.15, 0.2) is 0 Å². The van der Waals surface area contributed by atoms with Crippen molar-refractivity contribution in [2.45, 2.75) is 36.0 Å². The molecule has 3 N–H and O–H groups in total. The van der Waals surface area contributed by atoms with Crippen molar-refractivity contribution in [2.24, 2.45) is 11.7 Å². The maximum Gasteiger partial charge on any atom is 0.233 e. The summed E-state index contributed by atoms with van der Waals surface area (Å²) in [5, 5.41) is 3.55. The maximum atomic E-state index is 12.1. The van der Waals surface area contributed by atoms with Gasteiger partial charge >= 0.3 is 0 Å². The van der Waals surface area contributed by atoms with Crippen molar-refractivity contribution in [1.82, 2.24) is 5.32 Å². The minimum absolute atomic E-state index is 0. The molecule has 0 spiro atoms. The molecule has 2 rings (SSSR count). The van der Waals surface area contributed by atoms with Crippen LogP contribution in [-0.4, -0.2) is 23.7 Å². The van der Waals surface area contributed by atoms with Crippen LogP contribution in [0.1, 0.15) is 19.8 Å². The molecule has 1 saturated carbocycles. The molecule has 0 radical (unpaired) electrons. The van der Waals surface area contributed by atoms with E-state index in [4.69, 9.17) is 17.3 Å². The Morgan fingerprint density at radius 1 is 1.50 bits per heavy atom. The van der Waals surface area contributed by atoms with Gasteiger partial charge in [-0.2, -0.15) is 0 Å². The van der Waals surface area contributed by atoms with Gasteiger partial charge in [-0.05, 0) is 37.8 Å². The van der Waals surface area contributed by atoms with Gasteiger partial charge < -0.3 is 11.1 Å². The van der Waals surface area contributed by atoms with Crippen LogP contribution >= 0.6 is 35.8 Å². The molecular formula is C14H20Cl2N2OS. The molecule has 6 heteroatoms. The maximum absolute atomic E-state index is 12.1. The third-order valence-electron chi connectivity index (χ3n) is 3.28. The standard InChI is InChI=1S/C14H19ClN2OS.ClH/c1-9(19-13-5-3-2-4-11(13)15)14(18)17-12(8-16)10-6-7-10;/h2-5,9-10,12H,6-8,16H2,1H3,(H,17,18);1H. The summed E-state index contributed by atoms with van der Waals surface area (Å²) in [5.74, 6) is 0.610. The average molecular weight is 335 g/mol. The average Bonchev–Trinajstić information content (AvgIpc) is 3.22. The first-order valence-electron chi connectivity index (χ1n) is 6.53. The number of thioether (sulfide) groups is 1. The number of carbonyl (C=O) groups is 1. The van der Waals surface area contributed by atoms with Crippen molar-refractivity contribution in [3.8, 4) is 0 Å². The summed E-state index contributed by atoms with van der Waals surface area (Å²) in [6.07, 6.45) is 2.35. The molecule has 0 saturated heterocycles. The number of benzene rings is 1. The fourth-order valence-corrected chi connectivity index (χ4v) is 3.12. The molecule has 1 fully saturated rings. The molecule has 2 unspecified atom stereocenters. The molecule has 0 heterocycles. The van der Waals surface area contributed by atoms with E-state index >= 15 is 0 Å². The highest BCUT2D eigenvalue weighted by atomic mass is 35.5. The number of hydrogen-bond donors (Lipinski definition) is 2. The molecule has 1 amide bonds. The van der Waals surface area contributed by atoms with E-state index in [0.717, 1.165) is 4.90 Å². The third-order valence-corrected chi connectivity index (χ3v) is 4.90. The number of carbonyl (C=O) groups excluding carboxylic acids is 1. The smallest absolute Gasteiger partial charge is 0.233 e. The van der Waals surface area contributed by atoms with Gasteiger partial charge in [0.05, 0.1) is 10.3 Å². The number of rotatable bonds is 6. The monoisotopic (exact) mass is 334 g/mol. The molecule has 1 aliphatic rings. The van der Waals surface area contributed by atoms with E-state index in [1.165, 1.54) is 24.6 Å². The van der Waals surface area contributed by atoms with Gasteiger partial charge in [0.1, 0.15) is 0 Å².